The number of fused-ring (bicyclic) bond motifs is 1. The summed E-state index contributed by atoms with van der Waals surface area (Å²) in [6.45, 7) is 2.16. The van der Waals surface area contributed by atoms with Gasteiger partial charge in [0.25, 0.3) is 5.91 Å². The normalized spacial score (nSPS) is 13.7. The molecular weight excluding hydrogens is 392 g/mol. The predicted molar refractivity (Wildman–Crippen MR) is 123 cm³/mol. The number of anilines is 1. The van der Waals surface area contributed by atoms with Gasteiger partial charge in [-0.25, -0.2) is 0 Å². The number of nitrogens with one attached hydrogen (secondary N) is 2. The Morgan fingerprint density at radius 1 is 1.00 bits per heavy atom. The Hall–Kier alpha value is -3.25. The van der Waals surface area contributed by atoms with E-state index in [2.05, 4.69) is 62.1 Å². The van der Waals surface area contributed by atoms with Gasteiger partial charge in [0.1, 0.15) is 0 Å². The van der Waals surface area contributed by atoms with Gasteiger partial charge in [0.2, 0.25) is 0 Å². The van der Waals surface area contributed by atoms with Crippen LogP contribution in [0.2, 0.25) is 0 Å². The highest BCUT2D eigenvalue weighted by molar-refractivity contribution is 7.98. The van der Waals surface area contributed by atoms with E-state index < -0.39 is 0 Å². The van der Waals surface area contributed by atoms with Crippen molar-refractivity contribution in [2.45, 2.75) is 17.7 Å². The SMILES string of the molecule is O=C(NSc1ccc(N2CCCC2)c(-c2cc3ccccc3[nH]2)c1)c1ccncc1. The molecule has 0 spiro atoms. The molecule has 1 aliphatic heterocycles. The highest BCUT2D eigenvalue weighted by Crippen LogP contribution is 2.36. The zero-order valence-electron chi connectivity index (χ0n) is 16.5. The van der Waals surface area contributed by atoms with Crippen molar-refractivity contribution in [2.24, 2.45) is 0 Å². The molecule has 6 heteroatoms. The molecule has 4 aromatic rings. The van der Waals surface area contributed by atoms with Gasteiger partial charge in [0.05, 0.1) is 0 Å². The van der Waals surface area contributed by atoms with Crippen LogP contribution in [0.3, 0.4) is 0 Å². The molecule has 0 radical (unpaired) electrons. The molecule has 150 valence electrons. The molecule has 30 heavy (non-hydrogen) atoms. The molecular formula is C24H22N4OS. The zero-order valence-corrected chi connectivity index (χ0v) is 17.3. The highest BCUT2D eigenvalue weighted by atomic mass is 32.2. The summed E-state index contributed by atoms with van der Waals surface area (Å²) in [6.07, 6.45) is 5.70. The molecule has 5 rings (SSSR count). The smallest absolute Gasteiger partial charge is 0.261 e. The van der Waals surface area contributed by atoms with Gasteiger partial charge in [-0.05, 0) is 67.3 Å². The number of benzene rings is 2. The third kappa shape index (κ3) is 3.78. The number of aromatic nitrogens is 2. The van der Waals surface area contributed by atoms with Gasteiger partial charge in [0, 0.05) is 63.8 Å². The van der Waals surface area contributed by atoms with Crippen molar-refractivity contribution < 1.29 is 4.79 Å². The summed E-state index contributed by atoms with van der Waals surface area (Å²) in [5, 5.41) is 1.20. The number of hydrogen-bond acceptors (Lipinski definition) is 4. The minimum absolute atomic E-state index is 0.127. The first-order valence-corrected chi connectivity index (χ1v) is 10.9. The van der Waals surface area contributed by atoms with Gasteiger partial charge in [-0.3, -0.25) is 14.5 Å². The number of rotatable bonds is 5. The van der Waals surface area contributed by atoms with E-state index in [0.29, 0.717) is 5.56 Å². The van der Waals surface area contributed by atoms with Crippen molar-refractivity contribution in [3.05, 3.63) is 78.6 Å². The van der Waals surface area contributed by atoms with E-state index in [1.807, 2.05) is 6.07 Å². The summed E-state index contributed by atoms with van der Waals surface area (Å²) < 4.78 is 2.94. The van der Waals surface area contributed by atoms with Crippen molar-refractivity contribution in [1.29, 1.82) is 0 Å². The molecule has 5 nitrogen and oxygen atoms in total. The monoisotopic (exact) mass is 414 g/mol. The molecule has 1 aliphatic rings. The van der Waals surface area contributed by atoms with Crippen LogP contribution in [0.25, 0.3) is 22.2 Å². The molecule has 2 aromatic heterocycles. The molecule has 1 fully saturated rings. The fraction of sp³-hybridized carbons (Fsp3) is 0.167. The summed E-state index contributed by atoms with van der Waals surface area (Å²) in [5.74, 6) is -0.127. The Morgan fingerprint density at radius 3 is 2.60 bits per heavy atom. The van der Waals surface area contributed by atoms with Crippen LogP contribution in [0.4, 0.5) is 5.69 Å². The Kier molecular flexibility index (Phi) is 5.15. The molecule has 2 N–H and O–H groups in total. The molecule has 1 saturated heterocycles. The van der Waals surface area contributed by atoms with Gasteiger partial charge in [-0.15, -0.1) is 0 Å². The van der Waals surface area contributed by atoms with Crippen LogP contribution >= 0.6 is 11.9 Å². The van der Waals surface area contributed by atoms with Crippen molar-refractivity contribution in [1.82, 2.24) is 14.7 Å². The number of para-hydroxylation sites is 1. The minimum atomic E-state index is -0.127. The number of carbonyl (C=O) groups excluding carboxylic acids is 1. The Labute approximate surface area is 179 Å². The summed E-state index contributed by atoms with van der Waals surface area (Å²) in [4.78, 5) is 23.4. The van der Waals surface area contributed by atoms with E-state index in [-0.39, 0.29) is 5.91 Å². The third-order valence-electron chi connectivity index (χ3n) is 5.44. The lowest BCUT2D eigenvalue weighted by molar-refractivity contribution is 0.0984. The van der Waals surface area contributed by atoms with Gasteiger partial charge in [0.15, 0.2) is 0 Å². The van der Waals surface area contributed by atoms with Crippen LogP contribution < -0.4 is 9.62 Å². The second-order valence-electron chi connectivity index (χ2n) is 7.41. The summed E-state index contributed by atoms with van der Waals surface area (Å²) in [5.41, 5.74) is 5.23. The number of carbonyl (C=O) groups is 1. The number of pyridine rings is 1. The van der Waals surface area contributed by atoms with E-state index in [0.717, 1.165) is 34.8 Å². The number of H-pyrrole nitrogens is 1. The zero-order chi connectivity index (χ0) is 20.3. The number of amides is 1. The lowest BCUT2D eigenvalue weighted by atomic mass is 10.1. The van der Waals surface area contributed by atoms with Crippen molar-refractivity contribution >= 4 is 34.4 Å². The highest BCUT2D eigenvalue weighted by Gasteiger charge is 2.18. The second kappa shape index (κ2) is 8.24. The van der Waals surface area contributed by atoms with E-state index >= 15 is 0 Å². The van der Waals surface area contributed by atoms with Crippen LogP contribution in [0.5, 0.6) is 0 Å². The first-order chi connectivity index (χ1) is 14.8. The maximum atomic E-state index is 12.4. The maximum Gasteiger partial charge on any atom is 0.261 e. The van der Waals surface area contributed by atoms with Crippen LogP contribution in [0.15, 0.2) is 78.0 Å². The lowest BCUT2D eigenvalue weighted by Gasteiger charge is -2.21. The first kappa shape index (κ1) is 18.8. The Balaban J connectivity index is 1.46. The van der Waals surface area contributed by atoms with Gasteiger partial charge < -0.3 is 9.88 Å². The Bertz CT molecular complexity index is 1150. The average molecular weight is 415 g/mol. The van der Waals surface area contributed by atoms with Crippen LogP contribution in [0.1, 0.15) is 23.2 Å². The number of nitrogens with zero attached hydrogens (tertiary/aromatic N) is 2. The van der Waals surface area contributed by atoms with Crippen molar-refractivity contribution in [3.63, 3.8) is 0 Å². The second-order valence-corrected chi connectivity index (χ2v) is 8.29. The van der Waals surface area contributed by atoms with E-state index in [1.54, 1.807) is 24.5 Å². The quantitative estimate of drug-likeness (QED) is 0.437. The van der Waals surface area contributed by atoms with E-state index in [9.17, 15) is 4.79 Å². The molecule has 3 heterocycles. The summed E-state index contributed by atoms with van der Waals surface area (Å²) in [7, 11) is 0. The molecule has 0 bridgehead atoms. The third-order valence-corrected chi connectivity index (χ3v) is 6.22. The van der Waals surface area contributed by atoms with Crippen LogP contribution in [-0.4, -0.2) is 29.0 Å². The Morgan fingerprint density at radius 2 is 1.80 bits per heavy atom. The topological polar surface area (TPSA) is 61.0 Å². The minimum Gasteiger partial charge on any atom is -0.371 e. The van der Waals surface area contributed by atoms with Gasteiger partial charge in [-0.2, -0.15) is 0 Å². The molecule has 0 unspecified atom stereocenters. The van der Waals surface area contributed by atoms with Crippen molar-refractivity contribution in [2.75, 3.05) is 18.0 Å². The standard InChI is InChI=1S/C24H22N4OS/c29-24(17-9-11-25-12-10-17)27-30-19-7-8-23(28-13-3-4-14-28)20(16-19)22-15-18-5-1-2-6-21(18)26-22/h1-2,5-12,15-16,26H,3-4,13-14H2,(H,27,29). The van der Waals surface area contributed by atoms with Gasteiger partial charge in [-0.1, -0.05) is 18.2 Å². The summed E-state index contributed by atoms with van der Waals surface area (Å²) in [6, 6.07) is 20.4. The van der Waals surface area contributed by atoms with Crippen LogP contribution in [-0.2, 0) is 0 Å². The van der Waals surface area contributed by atoms with E-state index in [4.69, 9.17) is 0 Å². The molecule has 0 saturated carbocycles. The van der Waals surface area contributed by atoms with E-state index in [1.165, 1.54) is 35.9 Å². The molecule has 0 atom stereocenters. The predicted octanol–water partition coefficient (Wildman–Crippen LogP) is 5.27. The first-order valence-electron chi connectivity index (χ1n) is 10.1. The lowest BCUT2D eigenvalue weighted by Crippen LogP contribution is -2.18. The van der Waals surface area contributed by atoms with Crippen LogP contribution in [0, 0.1) is 0 Å². The summed E-state index contributed by atoms with van der Waals surface area (Å²) >= 11 is 1.34. The fourth-order valence-corrected chi connectivity index (χ4v) is 4.56. The maximum absolute atomic E-state index is 12.4. The largest absolute Gasteiger partial charge is 0.371 e. The molecule has 2 aromatic carbocycles. The molecule has 0 aliphatic carbocycles. The van der Waals surface area contributed by atoms with Crippen molar-refractivity contribution in [3.8, 4) is 11.3 Å². The number of hydrogen-bond donors (Lipinski definition) is 2. The fourth-order valence-electron chi connectivity index (χ4n) is 3.91. The van der Waals surface area contributed by atoms with Gasteiger partial charge >= 0.3 is 0 Å². The molecule has 1 amide bonds. The average Bonchev–Trinajstić information content (AvgIpc) is 3.48. The number of aromatic amines is 1.